The molecule has 0 radical (unpaired) electrons. The molecular weight excluding hydrogens is 585 g/mol. The second kappa shape index (κ2) is 13.1. The summed E-state index contributed by atoms with van der Waals surface area (Å²) in [7, 11) is -2.81. The number of methoxy groups -OCH3 is 1. The molecule has 0 aliphatic rings. The first-order valence-electron chi connectivity index (χ1n) is 12.9. The smallest absolute Gasteiger partial charge is 0.264 e. The predicted octanol–water partition coefficient (Wildman–Crippen LogP) is 5.84. The molecule has 41 heavy (non-hydrogen) atoms. The van der Waals surface area contributed by atoms with Crippen molar-refractivity contribution in [3.8, 4) is 5.75 Å². The highest BCUT2D eigenvalue weighted by atomic mass is 35.5. The van der Waals surface area contributed by atoms with Gasteiger partial charge in [0.1, 0.15) is 18.3 Å². The van der Waals surface area contributed by atoms with Crippen LogP contribution in [0.2, 0.25) is 10.0 Å². The Kier molecular flexibility index (Phi) is 10.3. The fourth-order valence-corrected chi connectivity index (χ4v) is 5.97. The average Bonchev–Trinajstić information content (AvgIpc) is 2.90. The fraction of sp³-hybridized carbons (Fsp3) is 0.333. The van der Waals surface area contributed by atoms with Crippen LogP contribution in [0.4, 0.5) is 5.69 Å². The first kappa shape index (κ1) is 32.2. The van der Waals surface area contributed by atoms with E-state index in [9.17, 15) is 18.0 Å². The molecule has 1 N–H and O–H groups in total. The number of ether oxygens (including phenoxy) is 1. The Morgan fingerprint density at radius 1 is 1.00 bits per heavy atom. The van der Waals surface area contributed by atoms with E-state index in [1.165, 1.54) is 24.1 Å². The lowest BCUT2D eigenvalue weighted by Gasteiger charge is -2.34. The maximum absolute atomic E-state index is 14.1. The van der Waals surface area contributed by atoms with Crippen molar-refractivity contribution in [1.82, 2.24) is 10.2 Å². The van der Waals surface area contributed by atoms with E-state index in [1.54, 1.807) is 61.5 Å². The highest BCUT2D eigenvalue weighted by Gasteiger charge is 2.34. The Bertz CT molecular complexity index is 1510. The summed E-state index contributed by atoms with van der Waals surface area (Å²) in [4.78, 5) is 28.6. The third kappa shape index (κ3) is 8.15. The third-order valence-corrected chi connectivity index (χ3v) is 8.62. The van der Waals surface area contributed by atoms with Crippen LogP contribution in [0.5, 0.6) is 5.75 Å². The van der Waals surface area contributed by atoms with Crippen molar-refractivity contribution in [3.05, 3.63) is 87.9 Å². The van der Waals surface area contributed by atoms with Crippen LogP contribution in [0, 0.1) is 6.92 Å². The number of sulfonamides is 1. The van der Waals surface area contributed by atoms with Gasteiger partial charge in [-0.3, -0.25) is 13.9 Å². The highest BCUT2D eigenvalue weighted by Crippen LogP contribution is 2.33. The molecule has 3 aromatic rings. The molecule has 2 amide bonds. The van der Waals surface area contributed by atoms with Gasteiger partial charge < -0.3 is 15.0 Å². The third-order valence-electron chi connectivity index (χ3n) is 6.26. The summed E-state index contributed by atoms with van der Waals surface area (Å²) in [6, 6.07) is 16.8. The number of rotatable bonds is 10. The van der Waals surface area contributed by atoms with Crippen LogP contribution >= 0.6 is 23.2 Å². The summed E-state index contributed by atoms with van der Waals surface area (Å²) in [5, 5.41) is 3.62. The van der Waals surface area contributed by atoms with Crippen molar-refractivity contribution in [2.75, 3.05) is 18.0 Å². The van der Waals surface area contributed by atoms with Gasteiger partial charge in [-0.05, 0) is 76.6 Å². The van der Waals surface area contributed by atoms with Crippen LogP contribution in [-0.2, 0) is 26.2 Å². The van der Waals surface area contributed by atoms with Gasteiger partial charge in [-0.2, -0.15) is 0 Å². The predicted molar refractivity (Wildman–Crippen MR) is 163 cm³/mol. The average molecular weight is 621 g/mol. The monoisotopic (exact) mass is 619 g/mol. The van der Waals surface area contributed by atoms with E-state index in [2.05, 4.69) is 5.32 Å². The number of nitrogens with one attached hydrogen (secondary N) is 1. The molecule has 0 bridgehead atoms. The Morgan fingerprint density at radius 2 is 1.63 bits per heavy atom. The first-order valence-corrected chi connectivity index (χ1v) is 15.1. The Hall–Kier alpha value is -3.27. The number of aryl methyl sites for hydroxylation is 1. The van der Waals surface area contributed by atoms with E-state index in [0.29, 0.717) is 15.6 Å². The molecule has 0 aromatic heterocycles. The van der Waals surface area contributed by atoms with Gasteiger partial charge in [-0.1, -0.05) is 59.1 Å². The lowest BCUT2D eigenvalue weighted by molar-refractivity contribution is -0.140. The molecule has 1 atom stereocenters. The maximum atomic E-state index is 14.1. The molecule has 0 aliphatic heterocycles. The molecule has 0 unspecified atom stereocenters. The molecule has 0 spiro atoms. The van der Waals surface area contributed by atoms with Gasteiger partial charge in [0.2, 0.25) is 11.8 Å². The number of benzene rings is 3. The van der Waals surface area contributed by atoms with E-state index in [4.69, 9.17) is 27.9 Å². The second-order valence-electron chi connectivity index (χ2n) is 10.7. The highest BCUT2D eigenvalue weighted by molar-refractivity contribution is 7.92. The molecule has 0 aliphatic carbocycles. The van der Waals surface area contributed by atoms with E-state index in [0.717, 1.165) is 9.87 Å². The van der Waals surface area contributed by atoms with Gasteiger partial charge in [0.05, 0.1) is 17.7 Å². The summed E-state index contributed by atoms with van der Waals surface area (Å²) in [6.07, 6.45) is 0. The summed E-state index contributed by atoms with van der Waals surface area (Å²) in [5.41, 5.74) is 1.05. The lowest BCUT2D eigenvalue weighted by atomic mass is 10.1. The number of amides is 2. The number of anilines is 1. The van der Waals surface area contributed by atoms with Crippen LogP contribution in [0.1, 0.15) is 38.8 Å². The van der Waals surface area contributed by atoms with Crippen molar-refractivity contribution in [1.29, 1.82) is 0 Å². The van der Waals surface area contributed by atoms with E-state index in [1.807, 2.05) is 27.7 Å². The summed E-state index contributed by atoms with van der Waals surface area (Å²) in [5.74, 6) is -0.753. The Labute approximate surface area is 252 Å². The number of carbonyl (C=O) groups excluding carboxylic acids is 2. The molecular formula is C30H35Cl2N3O5S. The SMILES string of the molecule is COc1ccccc1N(CC(=O)N(Cc1ccc(Cl)cc1Cl)[C@@H](C)C(=O)NC(C)(C)C)S(=O)(=O)c1ccc(C)cc1. The first-order chi connectivity index (χ1) is 19.1. The second-order valence-corrected chi connectivity index (χ2v) is 13.4. The normalized spacial score (nSPS) is 12.4. The number of hydrogen-bond acceptors (Lipinski definition) is 5. The molecule has 8 nitrogen and oxygen atoms in total. The van der Waals surface area contributed by atoms with Crippen molar-refractivity contribution < 1.29 is 22.7 Å². The topological polar surface area (TPSA) is 96.0 Å². The molecule has 0 saturated carbocycles. The summed E-state index contributed by atoms with van der Waals surface area (Å²) < 4.78 is 34.5. The Morgan fingerprint density at radius 3 is 2.22 bits per heavy atom. The zero-order valence-corrected chi connectivity index (χ0v) is 26.3. The molecule has 3 rings (SSSR count). The maximum Gasteiger partial charge on any atom is 0.264 e. The molecule has 0 fully saturated rings. The van der Waals surface area contributed by atoms with Crippen molar-refractivity contribution in [3.63, 3.8) is 0 Å². The van der Waals surface area contributed by atoms with Crippen molar-refractivity contribution in [2.45, 2.75) is 57.6 Å². The lowest BCUT2D eigenvalue weighted by Crippen LogP contribution is -2.54. The Balaban J connectivity index is 2.10. The van der Waals surface area contributed by atoms with Crippen molar-refractivity contribution in [2.24, 2.45) is 0 Å². The van der Waals surface area contributed by atoms with Gasteiger partial charge in [0, 0.05) is 22.1 Å². The van der Waals surface area contributed by atoms with Crippen molar-refractivity contribution >= 4 is 50.7 Å². The van der Waals surface area contributed by atoms with Crippen LogP contribution in [0.3, 0.4) is 0 Å². The number of hydrogen-bond donors (Lipinski definition) is 1. The molecule has 220 valence electrons. The molecule has 0 saturated heterocycles. The van der Waals surface area contributed by atoms with Crippen LogP contribution in [0.25, 0.3) is 0 Å². The van der Waals surface area contributed by atoms with E-state index < -0.39 is 40.0 Å². The summed E-state index contributed by atoms with van der Waals surface area (Å²) >= 11 is 12.5. The van der Waals surface area contributed by atoms with Crippen LogP contribution in [-0.4, -0.2) is 50.4 Å². The quantitative estimate of drug-likeness (QED) is 0.308. The van der Waals surface area contributed by atoms with Crippen LogP contribution in [0.15, 0.2) is 71.6 Å². The summed E-state index contributed by atoms with van der Waals surface area (Å²) in [6.45, 7) is 8.27. The number of nitrogens with zero attached hydrogens (tertiary/aromatic N) is 2. The van der Waals surface area contributed by atoms with E-state index in [-0.39, 0.29) is 22.9 Å². The van der Waals surface area contributed by atoms with Gasteiger partial charge in [-0.25, -0.2) is 8.42 Å². The molecule has 0 heterocycles. The minimum atomic E-state index is -4.23. The van der Waals surface area contributed by atoms with Gasteiger partial charge in [0.15, 0.2) is 0 Å². The van der Waals surface area contributed by atoms with Gasteiger partial charge in [-0.15, -0.1) is 0 Å². The van der Waals surface area contributed by atoms with Gasteiger partial charge in [0.25, 0.3) is 10.0 Å². The van der Waals surface area contributed by atoms with E-state index >= 15 is 0 Å². The van der Waals surface area contributed by atoms with Gasteiger partial charge >= 0.3 is 0 Å². The zero-order chi connectivity index (χ0) is 30.5. The van der Waals surface area contributed by atoms with Crippen LogP contribution < -0.4 is 14.4 Å². The fourth-order valence-electron chi connectivity index (χ4n) is 4.08. The molecule has 3 aromatic carbocycles. The zero-order valence-electron chi connectivity index (χ0n) is 23.9. The molecule has 11 heteroatoms. The number of halogens is 2. The number of para-hydroxylation sites is 2. The standard InChI is InChI=1S/C30H35Cl2N3O5S/c1-20-11-15-24(16-12-20)41(38,39)35(26-9-7-8-10-27(26)40-6)19-28(36)34(21(2)29(37)33-30(3,4)5)18-22-13-14-23(31)17-25(22)32/h7-17,21H,18-19H2,1-6H3,(H,33,37)/t21-/m0/s1. The largest absolute Gasteiger partial charge is 0.495 e. The minimum absolute atomic E-state index is 0.00706. The number of carbonyl (C=O) groups is 2. The minimum Gasteiger partial charge on any atom is -0.495 e.